The number of carbonyl (C=O) groups excluding carboxylic acids is 3. The van der Waals surface area contributed by atoms with E-state index in [-0.39, 0.29) is 40.9 Å². The predicted octanol–water partition coefficient (Wildman–Crippen LogP) is 3.81. The van der Waals surface area contributed by atoms with Gasteiger partial charge in [0.2, 0.25) is 0 Å². The number of aromatic nitrogens is 2. The van der Waals surface area contributed by atoms with Gasteiger partial charge in [0.1, 0.15) is 0 Å². The molecule has 2 aromatic rings. The average Bonchev–Trinajstić information content (AvgIpc) is 3.15. The van der Waals surface area contributed by atoms with E-state index >= 15 is 0 Å². The molecule has 0 aliphatic heterocycles. The predicted molar refractivity (Wildman–Crippen MR) is 106 cm³/mol. The monoisotopic (exact) mass is 460 g/mol. The van der Waals surface area contributed by atoms with Crippen molar-refractivity contribution in [2.24, 2.45) is 0 Å². The number of nitrogens with zero attached hydrogens (tertiary/aromatic N) is 2. The van der Waals surface area contributed by atoms with E-state index in [4.69, 9.17) is 0 Å². The van der Waals surface area contributed by atoms with Crippen LogP contribution in [0.15, 0.2) is 41.6 Å². The second-order valence-corrected chi connectivity index (χ2v) is 7.21. The Balaban J connectivity index is 1.99. The number of alkyl halides is 3. The van der Waals surface area contributed by atoms with E-state index in [1.807, 2.05) is 0 Å². The van der Waals surface area contributed by atoms with Gasteiger partial charge in [-0.1, -0.05) is 0 Å². The van der Waals surface area contributed by atoms with Crippen LogP contribution < -0.4 is 10.6 Å². The van der Waals surface area contributed by atoms with Gasteiger partial charge in [-0.15, -0.1) is 0 Å². The fourth-order valence-electron chi connectivity index (χ4n) is 2.45. The molecular weight excluding hydrogens is 441 g/mol. The van der Waals surface area contributed by atoms with Gasteiger partial charge in [-0.25, -0.2) is 4.79 Å². The fraction of sp³-hybridized carbons (Fsp3) is 0.333. The van der Waals surface area contributed by atoms with Crippen molar-refractivity contribution < 1.29 is 37.0 Å². The Morgan fingerprint density at radius 2 is 1.58 bits per heavy atom. The summed E-state index contributed by atoms with van der Waals surface area (Å²) < 4.78 is 47.6. The Bertz CT molecular complexity index is 900. The van der Waals surface area contributed by atoms with Crippen LogP contribution in [0.4, 0.5) is 29.3 Å². The second kappa shape index (κ2) is 10.7. The SMILES string of the molecule is COC(=O)CC(CC(=O)OC)n1cc(NC(=O)Nc2ccc(SC(F)(F)F)cc2)cn1. The van der Waals surface area contributed by atoms with Gasteiger partial charge >= 0.3 is 23.5 Å². The number of anilines is 2. The maximum Gasteiger partial charge on any atom is 0.446 e. The first-order valence-electron chi connectivity index (χ1n) is 8.71. The lowest BCUT2D eigenvalue weighted by molar-refractivity contribution is -0.144. The van der Waals surface area contributed by atoms with Gasteiger partial charge < -0.3 is 20.1 Å². The molecular formula is C18H19F3N4O5S. The molecule has 0 spiro atoms. The number of ether oxygens (including phenoxy) is 2. The van der Waals surface area contributed by atoms with Crippen molar-refractivity contribution in [2.75, 3.05) is 24.9 Å². The van der Waals surface area contributed by atoms with E-state index in [2.05, 4.69) is 25.2 Å². The first-order chi connectivity index (χ1) is 14.6. The summed E-state index contributed by atoms with van der Waals surface area (Å²) in [4.78, 5) is 35.3. The summed E-state index contributed by atoms with van der Waals surface area (Å²) in [7, 11) is 2.43. The maximum absolute atomic E-state index is 12.4. The summed E-state index contributed by atoms with van der Waals surface area (Å²) in [5, 5.41) is 9.02. The Morgan fingerprint density at radius 3 is 2.10 bits per heavy atom. The number of hydrogen-bond donors (Lipinski definition) is 2. The zero-order valence-corrected chi connectivity index (χ0v) is 17.2. The standard InChI is InChI=1S/C18H19F3N4O5S/c1-29-15(26)7-13(8-16(27)30-2)25-10-12(9-22-25)24-17(28)23-11-3-5-14(6-4-11)31-18(19,20)21/h3-6,9-10,13H,7-8H2,1-2H3,(H2,23,24,28). The van der Waals surface area contributed by atoms with Crippen molar-refractivity contribution in [1.29, 1.82) is 0 Å². The minimum absolute atomic E-state index is 0.0120. The summed E-state index contributed by atoms with van der Waals surface area (Å²) in [6, 6.07) is 3.79. The smallest absolute Gasteiger partial charge is 0.446 e. The van der Waals surface area contributed by atoms with Gasteiger partial charge in [0.15, 0.2) is 0 Å². The van der Waals surface area contributed by atoms with E-state index in [0.29, 0.717) is 0 Å². The van der Waals surface area contributed by atoms with Crippen LogP contribution in [0.3, 0.4) is 0 Å². The quantitative estimate of drug-likeness (QED) is 0.455. The normalized spacial score (nSPS) is 11.2. The topological polar surface area (TPSA) is 112 Å². The van der Waals surface area contributed by atoms with Gasteiger partial charge in [-0.05, 0) is 36.0 Å². The van der Waals surface area contributed by atoms with Crippen LogP contribution >= 0.6 is 11.8 Å². The molecule has 0 saturated heterocycles. The number of benzene rings is 1. The van der Waals surface area contributed by atoms with Crippen LogP contribution in [0.2, 0.25) is 0 Å². The highest BCUT2D eigenvalue weighted by Crippen LogP contribution is 2.37. The molecule has 0 unspecified atom stereocenters. The summed E-state index contributed by atoms with van der Waals surface area (Å²) in [5.41, 5.74) is -3.85. The van der Waals surface area contributed by atoms with Crippen molar-refractivity contribution in [3.8, 4) is 0 Å². The molecule has 1 heterocycles. The number of nitrogens with one attached hydrogen (secondary N) is 2. The molecule has 0 atom stereocenters. The average molecular weight is 460 g/mol. The maximum atomic E-state index is 12.4. The number of thioether (sulfide) groups is 1. The van der Waals surface area contributed by atoms with Gasteiger partial charge in [0.05, 0.1) is 45.0 Å². The first kappa shape index (κ1) is 24.1. The highest BCUT2D eigenvalue weighted by molar-refractivity contribution is 8.00. The van der Waals surface area contributed by atoms with Gasteiger partial charge in [0.25, 0.3) is 0 Å². The molecule has 0 saturated carbocycles. The van der Waals surface area contributed by atoms with Crippen LogP contribution in [0.1, 0.15) is 18.9 Å². The molecule has 2 rings (SSSR count). The molecule has 1 aromatic heterocycles. The molecule has 168 valence electrons. The van der Waals surface area contributed by atoms with Gasteiger partial charge in [-0.3, -0.25) is 14.3 Å². The van der Waals surface area contributed by atoms with Crippen LogP contribution in [0.25, 0.3) is 0 Å². The summed E-state index contributed by atoms with van der Waals surface area (Å²) >= 11 is -0.257. The molecule has 0 radical (unpaired) electrons. The molecule has 0 aliphatic rings. The molecule has 0 fully saturated rings. The molecule has 0 aliphatic carbocycles. The van der Waals surface area contributed by atoms with E-state index in [1.54, 1.807) is 0 Å². The van der Waals surface area contributed by atoms with Crippen molar-refractivity contribution in [3.05, 3.63) is 36.7 Å². The Kier molecular flexibility index (Phi) is 8.30. The molecule has 2 amide bonds. The van der Waals surface area contributed by atoms with Crippen LogP contribution in [-0.4, -0.2) is 47.5 Å². The van der Waals surface area contributed by atoms with Crippen molar-refractivity contribution in [3.63, 3.8) is 0 Å². The fourth-order valence-corrected chi connectivity index (χ4v) is 2.99. The van der Waals surface area contributed by atoms with Crippen molar-refractivity contribution in [2.45, 2.75) is 29.3 Å². The number of amides is 2. The summed E-state index contributed by atoms with van der Waals surface area (Å²) in [5.74, 6) is -1.10. The number of hydrogen-bond acceptors (Lipinski definition) is 7. The van der Waals surface area contributed by atoms with Crippen LogP contribution in [-0.2, 0) is 19.1 Å². The summed E-state index contributed by atoms with van der Waals surface area (Å²) in [6.45, 7) is 0. The molecule has 9 nitrogen and oxygen atoms in total. The van der Waals surface area contributed by atoms with Gasteiger partial charge in [0, 0.05) is 16.8 Å². The highest BCUT2D eigenvalue weighted by atomic mass is 32.2. The third-order valence-corrected chi connectivity index (χ3v) is 4.58. The lowest BCUT2D eigenvalue weighted by Crippen LogP contribution is -2.20. The number of halogens is 3. The molecule has 13 heteroatoms. The van der Waals surface area contributed by atoms with Crippen molar-refractivity contribution in [1.82, 2.24) is 9.78 Å². The van der Waals surface area contributed by atoms with E-state index < -0.39 is 29.5 Å². The van der Waals surface area contributed by atoms with Gasteiger partial charge in [-0.2, -0.15) is 18.3 Å². The second-order valence-electron chi connectivity index (χ2n) is 6.07. The molecule has 0 bridgehead atoms. The van der Waals surface area contributed by atoms with Crippen molar-refractivity contribution >= 4 is 41.1 Å². The minimum atomic E-state index is -4.40. The van der Waals surface area contributed by atoms with E-state index in [0.717, 1.165) is 0 Å². The van der Waals surface area contributed by atoms with Crippen LogP contribution in [0.5, 0.6) is 0 Å². The Hall–Kier alpha value is -3.22. The number of methoxy groups -OCH3 is 2. The first-order valence-corrected chi connectivity index (χ1v) is 9.53. The zero-order chi connectivity index (χ0) is 23.0. The number of carbonyl (C=O) groups is 3. The molecule has 1 aromatic carbocycles. The van der Waals surface area contributed by atoms with E-state index in [1.165, 1.54) is 55.6 Å². The number of esters is 2. The largest absolute Gasteiger partial charge is 0.469 e. The lowest BCUT2D eigenvalue weighted by atomic mass is 10.1. The molecule has 31 heavy (non-hydrogen) atoms. The lowest BCUT2D eigenvalue weighted by Gasteiger charge is -2.15. The van der Waals surface area contributed by atoms with Crippen LogP contribution in [0, 0.1) is 0 Å². The summed E-state index contributed by atoms with van der Waals surface area (Å²) in [6.07, 6.45) is 2.45. The Morgan fingerprint density at radius 1 is 1.03 bits per heavy atom. The van der Waals surface area contributed by atoms with E-state index in [9.17, 15) is 27.6 Å². The minimum Gasteiger partial charge on any atom is -0.469 e. The Labute approximate surface area is 179 Å². The number of urea groups is 1. The zero-order valence-electron chi connectivity index (χ0n) is 16.4. The third kappa shape index (κ3) is 8.20. The third-order valence-electron chi connectivity index (χ3n) is 3.84. The number of rotatable bonds is 8. The highest BCUT2D eigenvalue weighted by Gasteiger charge is 2.29. The molecule has 2 N–H and O–H groups in total.